The molecule has 5 heteroatoms. The Labute approximate surface area is 155 Å². The van der Waals surface area contributed by atoms with E-state index in [1.165, 1.54) is 5.69 Å². The molecule has 0 saturated carbocycles. The van der Waals surface area contributed by atoms with Gasteiger partial charge in [-0.05, 0) is 62.4 Å². The minimum atomic E-state index is -0.119. The van der Waals surface area contributed by atoms with Crippen LogP contribution in [0.1, 0.15) is 24.2 Å². The number of ether oxygens (including phenoxy) is 1. The van der Waals surface area contributed by atoms with Gasteiger partial charge < -0.3 is 15.0 Å². The Kier molecular flexibility index (Phi) is 5.78. The molecule has 2 aromatic rings. The highest BCUT2D eigenvalue weighted by Gasteiger charge is 2.18. The fourth-order valence-electron chi connectivity index (χ4n) is 3.20. The number of anilines is 2. The fraction of sp³-hybridized carbons (Fsp3) is 0.381. The van der Waals surface area contributed by atoms with E-state index in [0.29, 0.717) is 11.6 Å². The van der Waals surface area contributed by atoms with Gasteiger partial charge in [0, 0.05) is 49.2 Å². The van der Waals surface area contributed by atoms with Gasteiger partial charge in [-0.15, -0.1) is 0 Å². The highest BCUT2D eigenvalue weighted by atomic mass is 16.5. The van der Waals surface area contributed by atoms with E-state index in [9.17, 15) is 4.79 Å². The first kappa shape index (κ1) is 18.3. The number of rotatable bonds is 5. The van der Waals surface area contributed by atoms with Gasteiger partial charge >= 0.3 is 0 Å². The van der Waals surface area contributed by atoms with E-state index in [-0.39, 0.29) is 5.91 Å². The Morgan fingerprint density at radius 1 is 0.962 bits per heavy atom. The molecule has 0 aliphatic carbocycles. The number of amides is 1. The van der Waals surface area contributed by atoms with Crippen LogP contribution in [0.5, 0.6) is 5.75 Å². The average molecular weight is 353 g/mol. The molecule has 0 spiro atoms. The summed E-state index contributed by atoms with van der Waals surface area (Å²) in [5, 5.41) is 2.94. The quantitative estimate of drug-likeness (QED) is 0.894. The van der Waals surface area contributed by atoms with Gasteiger partial charge in [0.2, 0.25) is 0 Å². The van der Waals surface area contributed by atoms with Crippen molar-refractivity contribution in [2.45, 2.75) is 19.9 Å². The summed E-state index contributed by atoms with van der Waals surface area (Å²) in [5.41, 5.74) is 2.62. The highest BCUT2D eigenvalue weighted by molar-refractivity contribution is 6.04. The van der Waals surface area contributed by atoms with Crippen LogP contribution in [0.15, 0.2) is 48.5 Å². The van der Waals surface area contributed by atoms with E-state index in [4.69, 9.17) is 4.74 Å². The van der Waals surface area contributed by atoms with Gasteiger partial charge in [-0.25, -0.2) is 0 Å². The lowest BCUT2D eigenvalue weighted by Crippen LogP contribution is -2.48. The molecule has 26 heavy (non-hydrogen) atoms. The Morgan fingerprint density at radius 3 is 2.12 bits per heavy atom. The molecule has 5 nitrogen and oxygen atoms in total. The zero-order valence-corrected chi connectivity index (χ0v) is 15.7. The molecule has 1 saturated heterocycles. The third-order valence-corrected chi connectivity index (χ3v) is 4.89. The third kappa shape index (κ3) is 4.35. The summed E-state index contributed by atoms with van der Waals surface area (Å²) < 4.78 is 5.12. The zero-order valence-electron chi connectivity index (χ0n) is 15.7. The number of carbonyl (C=O) groups is 1. The standard InChI is InChI=1S/C21H27N3O2/c1-16(2)23-12-14-24(15-13-23)19-8-6-18(7-9-19)22-21(25)17-4-10-20(26-3)11-5-17/h4-11,16H,12-15H2,1-3H3,(H,22,25). The summed E-state index contributed by atoms with van der Waals surface area (Å²) >= 11 is 0. The second kappa shape index (κ2) is 8.23. The largest absolute Gasteiger partial charge is 0.497 e. The molecule has 1 aliphatic heterocycles. The first-order valence-electron chi connectivity index (χ1n) is 9.11. The monoisotopic (exact) mass is 353 g/mol. The predicted molar refractivity (Wildman–Crippen MR) is 106 cm³/mol. The smallest absolute Gasteiger partial charge is 0.255 e. The van der Waals surface area contributed by atoms with Crippen molar-refractivity contribution < 1.29 is 9.53 Å². The molecule has 1 fully saturated rings. The zero-order chi connectivity index (χ0) is 18.5. The van der Waals surface area contributed by atoms with Crippen LogP contribution < -0.4 is 15.0 Å². The lowest BCUT2D eigenvalue weighted by molar-refractivity contribution is 0.102. The van der Waals surface area contributed by atoms with Crippen LogP contribution in [0.2, 0.25) is 0 Å². The van der Waals surface area contributed by atoms with Gasteiger partial charge in [-0.2, -0.15) is 0 Å². The van der Waals surface area contributed by atoms with Gasteiger partial charge in [0.05, 0.1) is 7.11 Å². The summed E-state index contributed by atoms with van der Waals surface area (Å²) in [6.45, 7) is 8.75. The number of carbonyl (C=O) groups excluding carboxylic acids is 1. The topological polar surface area (TPSA) is 44.8 Å². The van der Waals surface area contributed by atoms with Crippen LogP contribution >= 0.6 is 0 Å². The van der Waals surface area contributed by atoms with Gasteiger partial charge in [0.25, 0.3) is 5.91 Å². The SMILES string of the molecule is COc1ccc(C(=O)Nc2ccc(N3CCN(C(C)C)CC3)cc2)cc1. The number of nitrogens with zero attached hydrogens (tertiary/aromatic N) is 2. The van der Waals surface area contributed by atoms with Crippen LogP contribution in [0, 0.1) is 0 Å². The summed E-state index contributed by atoms with van der Waals surface area (Å²) in [5.74, 6) is 0.620. The lowest BCUT2D eigenvalue weighted by atomic mass is 10.2. The molecular weight excluding hydrogens is 326 g/mol. The molecule has 3 rings (SSSR count). The number of piperazine rings is 1. The number of benzene rings is 2. The van der Waals surface area contributed by atoms with Gasteiger partial charge in [-0.1, -0.05) is 0 Å². The molecular formula is C21H27N3O2. The molecule has 1 N–H and O–H groups in total. The van der Waals surface area contributed by atoms with E-state index >= 15 is 0 Å². The maximum absolute atomic E-state index is 12.3. The Bertz CT molecular complexity index is 718. The number of nitrogens with one attached hydrogen (secondary N) is 1. The van der Waals surface area contributed by atoms with Crippen LogP contribution in [-0.2, 0) is 0 Å². The third-order valence-electron chi connectivity index (χ3n) is 4.89. The van der Waals surface area contributed by atoms with Crippen LogP contribution in [0.25, 0.3) is 0 Å². The lowest BCUT2D eigenvalue weighted by Gasteiger charge is -2.38. The maximum atomic E-state index is 12.3. The molecule has 2 aromatic carbocycles. The fourth-order valence-corrected chi connectivity index (χ4v) is 3.20. The first-order chi connectivity index (χ1) is 12.6. The van der Waals surface area contributed by atoms with Crippen molar-refractivity contribution in [3.8, 4) is 5.75 Å². The van der Waals surface area contributed by atoms with E-state index in [0.717, 1.165) is 37.6 Å². The van der Waals surface area contributed by atoms with Crippen LogP contribution in [0.3, 0.4) is 0 Å². The second-order valence-corrected chi connectivity index (χ2v) is 6.85. The maximum Gasteiger partial charge on any atom is 0.255 e. The van der Waals surface area contributed by atoms with E-state index < -0.39 is 0 Å². The Balaban J connectivity index is 1.58. The van der Waals surface area contributed by atoms with Crippen molar-refractivity contribution in [3.05, 3.63) is 54.1 Å². The molecule has 0 aromatic heterocycles. The second-order valence-electron chi connectivity index (χ2n) is 6.85. The summed E-state index contributed by atoms with van der Waals surface area (Å²) in [6.07, 6.45) is 0. The molecule has 138 valence electrons. The van der Waals surface area contributed by atoms with Crippen LogP contribution in [-0.4, -0.2) is 50.1 Å². The molecule has 0 radical (unpaired) electrons. The van der Waals surface area contributed by atoms with Crippen molar-refractivity contribution in [2.24, 2.45) is 0 Å². The van der Waals surface area contributed by atoms with E-state index in [2.05, 4.69) is 41.1 Å². The molecule has 1 heterocycles. The van der Waals surface area contributed by atoms with E-state index in [1.807, 2.05) is 12.1 Å². The summed E-state index contributed by atoms with van der Waals surface area (Å²) in [4.78, 5) is 17.2. The number of hydrogen-bond acceptors (Lipinski definition) is 4. The van der Waals surface area contributed by atoms with Crippen molar-refractivity contribution in [1.29, 1.82) is 0 Å². The summed E-state index contributed by atoms with van der Waals surface area (Å²) in [6, 6.07) is 15.8. The van der Waals surface area contributed by atoms with Gasteiger partial charge in [-0.3, -0.25) is 9.69 Å². The van der Waals surface area contributed by atoms with Crippen molar-refractivity contribution >= 4 is 17.3 Å². The molecule has 0 atom stereocenters. The average Bonchev–Trinajstić information content (AvgIpc) is 2.68. The Morgan fingerprint density at radius 2 is 1.58 bits per heavy atom. The predicted octanol–water partition coefficient (Wildman–Crippen LogP) is 3.48. The highest BCUT2D eigenvalue weighted by Crippen LogP contribution is 2.21. The van der Waals surface area contributed by atoms with Crippen LogP contribution in [0.4, 0.5) is 11.4 Å². The molecule has 1 amide bonds. The number of methoxy groups -OCH3 is 1. The Hall–Kier alpha value is -2.53. The molecule has 0 unspecified atom stereocenters. The molecule has 0 bridgehead atoms. The van der Waals surface area contributed by atoms with Gasteiger partial charge in [0.15, 0.2) is 0 Å². The minimum absolute atomic E-state index is 0.119. The van der Waals surface area contributed by atoms with Crippen molar-refractivity contribution in [2.75, 3.05) is 43.5 Å². The van der Waals surface area contributed by atoms with Crippen molar-refractivity contribution in [3.63, 3.8) is 0 Å². The van der Waals surface area contributed by atoms with Gasteiger partial charge in [0.1, 0.15) is 5.75 Å². The first-order valence-corrected chi connectivity index (χ1v) is 9.11. The molecule has 1 aliphatic rings. The van der Waals surface area contributed by atoms with E-state index in [1.54, 1.807) is 31.4 Å². The van der Waals surface area contributed by atoms with Crippen molar-refractivity contribution in [1.82, 2.24) is 4.90 Å². The number of hydrogen-bond donors (Lipinski definition) is 1. The normalized spacial score (nSPS) is 15.2. The minimum Gasteiger partial charge on any atom is -0.497 e. The summed E-state index contributed by atoms with van der Waals surface area (Å²) in [7, 11) is 1.61.